The second kappa shape index (κ2) is 14.4. The van der Waals surface area contributed by atoms with Gasteiger partial charge >= 0.3 is 12.2 Å². The van der Waals surface area contributed by atoms with Crippen LogP contribution >= 0.6 is 11.6 Å². The van der Waals surface area contributed by atoms with Crippen LogP contribution in [0, 0.1) is 0 Å². The van der Waals surface area contributed by atoms with Crippen molar-refractivity contribution < 1.29 is 33.4 Å². The van der Waals surface area contributed by atoms with E-state index in [9.17, 15) is 19.2 Å². The lowest BCUT2D eigenvalue weighted by molar-refractivity contribution is -0.133. The van der Waals surface area contributed by atoms with Gasteiger partial charge in [-0.05, 0) is 55.3 Å². The number of imidazole rings is 1. The number of nitrogens with one attached hydrogen (secondary N) is 3. The van der Waals surface area contributed by atoms with Crippen molar-refractivity contribution in [1.29, 1.82) is 0 Å². The molecule has 0 aliphatic carbocycles. The smallest absolute Gasteiger partial charge is 0.412 e. The highest BCUT2D eigenvalue weighted by Gasteiger charge is 2.49. The number of nitrogens with zero attached hydrogens (tertiary/aromatic N) is 3. The van der Waals surface area contributed by atoms with Crippen molar-refractivity contribution in [2.24, 2.45) is 0 Å². The van der Waals surface area contributed by atoms with Crippen LogP contribution in [0.4, 0.5) is 26.7 Å². The van der Waals surface area contributed by atoms with Gasteiger partial charge < -0.3 is 29.0 Å². The highest BCUT2D eigenvalue weighted by Crippen LogP contribution is 2.45. The number of hydrogen-bond donors (Lipinski definition) is 3. The van der Waals surface area contributed by atoms with Crippen LogP contribution in [-0.2, 0) is 36.1 Å². The number of carbonyl (C=O) groups excluding carboxylic acids is 4. The number of amides is 4. The summed E-state index contributed by atoms with van der Waals surface area (Å²) in [7, 11) is -0.0795. The molecule has 0 saturated carbocycles. The SMILES string of the molecule is COC(=O)Nc1ccc2c(c1)NC(=O)CCCCC(C(=O)N1CC[C@@]3(C1)OC(=O)Nc1ccc(Cl)cc13)c1nc-2cn1COCC[Si](C)(C)C. The molecule has 4 heterocycles. The highest BCUT2D eigenvalue weighted by molar-refractivity contribution is 6.76. The lowest BCUT2D eigenvalue weighted by Crippen LogP contribution is -2.43. The van der Waals surface area contributed by atoms with Gasteiger partial charge in [0.2, 0.25) is 11.8 Å². The summed E-state index contributed by atoms with van der Waals surface area (Å²) in [6.45, 7) is 8.18. The molecule has 1 unspecified atom stereocenters. The Labute approximate surface area is 297 Å². The van der Waals surface area contributed by atoms with Gasteiger partial charge in [0.15, 0.2) is 5.60 Å². The first kappa shape index (κ1) is 35.4. The van der Waals surface area contributed by atoms with Crippen molar-refractivity contribution in [3.05, 3.63) is 59.0 Å². The molecule has 3 N–H and O–H groups in total. The first-order valence-corrected chi connectivity index (χ1v) is 21.0. The van der Waals surface area contributed by atoms with Crippen LogP contribution in [0.15, 0.2) is 42.6 Å². The molecule has 4 amide bonds. The minimum atomic E-state index is -1.36. The van der Waals surface area contributed by atoms with Crippen LogP contribution in [0.3, 0.4) is 0 Å². The van der Waals surface area contributed by atoms with Crippen molar-refractivity contribution in [2.75, 3.05) is 42.8 Å². The zero-order valence-corrected chi connectivity index (χ0v) is 30.5. The molecule has 1 spiro atoms. The van der Waals surface area contributed by atoms with Crippen molar-refractivity contribution in [1.82, 2.24) is 14.5 Å². The molecule has 13 nitrogen and oxygen atoms in total. The summed E-state index contributed by atoms with van der Waals surface area (Å²) in [5.74, 6) is -0.424. The molecule has 50 heavy (non-hydrogen) atoms. The summed E-state index contributed by atoms with van der Waals surface area (Å²) in [5.41, 5.74) is 2.39. The average molecular weight is 723 g/mol. The Kier molecular flexibility index (Phi) is 10.2. The molecule has 3 aromatic rings. The maximum atomic E-state index is 14.6. The fraction of sp³-hybridized carbons (Fsp3) is 0.457. The van der Waals surface area contributed by atoms with Crippen molar-refractivity contribution in [3.8, 4) is 11.3 Å². The van der Waals surface area contributed by atoms with Crippen LogP contribution in [0.5, 0.6) is 0 Å². The lowest BCUT2D eigenvalue weighted by atomic mass is 9.90. The fourth-order valence-corrected chi connectivity index (χ4v) is 7.60. The van der Waals surface area contributed by atoms with Gasteiger partial charge in [0, 0.05) is 62.1 Å². The molecule has 2 bridgehead atoms. The molecule has 266 valence electrons. The third-order valence-electron chi connectivity index (χ3n) is 9.33. The molecule has 0 radical (unpaired) electrons. The van der Waals surface area contributed by atoms with Gasteiger partial charge in [-0.15, -0.1) is 0 Å². The third-order valence-corrected chi connectivity index (χ3v) is 11.3. The zero-order chi connectivity index (χ0) is 35.6. The predicted octanol–water partition coefficient (Wildman–Crippen LogP) is 6.98. The summed E-state index contributed by atoms with van der Waals surface area (Å²) in [4.78, 5) is 59.1. The number of fused-ring (bicyclic) bond motifs is 6. The van der Waals surface area contributed by atoms with E-state index in [0.29, 0.717) is 78.0 Å². The lowest BCUT2D eigenvalue weighted by Gasteiger charge is -2.35. The largest absolute Gasteiger partial charge is 0.453 e. The van der Waals surface area contributed by atoms with Crippen LogP contribution in [0.25, 0.3) is 11.3 Å². The Bertz CT molecular complexity index is 1810. The van der Waals surface area contributed by atoms with Crippen LogP contribution < -0.4 is 16.0 Å². The topological polar surface area (TPSA) is 153 Å². The van der Waals surface area contributed by atoms with Gasteiger partial charge in [-0.3, -0.25) is 20.2 Å². The van der Waals surface area contributed by atoms with E-state index in [4.69, 9.17) is 30.8 Å². The Morgan fingerprint density at radius 3 is 2.72 bits per heavy atom. The normalized spacial score (nSPS) is 20.4. The first-order valence-electron chi connectivity index (χ1n) is 16.9. The number of benzene rings is 2. The molecular formula is C35H43ClN6O7Si. The van der Waals surface area contributed by atoms with E-state index in [-0.39, 0.29) is 31.5 Å². The molecule has 2 atom stereocenters. The number of ether oxygens (including phenoxy) is 3. The van der Waals surface area contributed by atoms with Gasteiger partial charge in [-0.1, -0.05) is 37.7 Å². The van der Waals surface area contributed by atoms with E-state index < -0.39 is 31.8 Å². The second-order valence-electron chi connectivity index (χ2n) is 14.2. The van der Waals surface area contributed by atoms with Gasteiger partial charge in [0.05, 0.1) is 36.6 Å². The molecular weight excluding hydrogens is 680 g/mol. The van der Waals surface area contributed by atoms with E-state index in [2.05, 4.69) is 35.6 Å². The van der Waals surface area contributed by atoms with Crippen LogP contribution in [-0.4, -0.2) is 73.3 Å². The molecule has 3 aliphatic heterocycles. The molecule has 1 fully saturated rings. The summed E-state index contributed by atoms with van der Waals surface area (Å²) < 4.78 is 18.7. The molecule has 1 saturated heterocycles. The number of methoxy groups -OCH3 is 1. The molecule has 15 heteroatoms. The second-order valence-corrected chi connectivity index (χ2v) is 20.3. The van der Waals surface area contributed by atoms with E-state index in [1.54, 1.807) is 41.3 Å². The monoisotopic (exact) mass is 722 g/mol. The Morgan fingerprint density at radius 1 is 1.12 bits per heavy atom. The Morgan fingerprint density at radius 2 is 1.94 bits per heavy atom. The molecule has 2 aromatic carbocycles. The third kappa shape index (κ3) is 7.82. The average Bonchev–Trinajstić information content (AvgIpc) is 3.67. The minimum absolute atomic E-state index is 0.139. The minimum Gasteiger partial charge on any atom is -0.453 e. The molecule has 6 rings (SSSR count). The number of hydrogen-bond acceptors (Lipinski definition) is 8. The fourth-order valence-electron chi connectivity index (χ4n) is 6.67. The maximum Gasteiger partial charge on any atom is 0.412 e. The van der Waals surface area contributed by atoms with Crippen molar-refractivity contribution in [3.63, 3.8) is 0 Å². The van der Waals surface area contributed by atoms with E-state index in [0.717, 1.165) is 11.6 Å². The first-order chi connectivity index (χ1) is 23.8. The summed E-state index contributed by atoms with van der Waals surface area (Å²) in [6.07, 6.45) is 2.90. The van der Waals surface area contributed by atoms with E-state index >= 15 is 0 Å². The van der Waals surface area contributed by atoms with Crippen LogP contribution in [0.2, 0.25) is 30.7 Å². The number of anilines is 3. The number of halogens is 1. The van der Waals surface area contributed by atoms with Gasteiger partial charge in [0.1, 0.15) is 12.6 Å². The van der Waals surface area contributed by atoms with Gasteiger partial charge in [-0.2, -0.15) is 0 Å². The van der Waals surface area contributed by atoms with Gasteiger partial charge in [-0.25, -0.2) is 14.6 Å². The predicted molar refractivity (Wildman–Crippen MR) is 192 cm³/mol. The molecule has 3 aliphatic rings. The van der Waals surface area contributed by atoms with Crippen molar-refractivity contribution >= 4 is 60.7 Å². The maximum absolute atomic E-state index is 14.6. The van der Waals surface area contributed by atoms with E-state index in [1.165, 1.54) is 7.11 Å². The van der Waals surface area contributed by atoms with Crippen molar-refractivity contribution in [2.45, 2.75) is 76.0 Å². The summed E-state index contributed by atoms with van der Waals surface area (Å²) in [5, 5.41) is 8.88. The van der Waals surface area contributed by atoms with Crippen LogP contribution in [0.1, 0.15) is 49.4 Å². The summed E-state index contributed by atoms with van der Waals surface area (Å²) in [6, 6.07) is 11.4. The quantitative estimate of drug-likeness (QED) is 0.174. The number of rotatable bonds is 7. The van der Waals surface area contributed by atoms with E-state index in [1.807, 2.05) is 10.8 Å². The summed E-state index contributed by atoms with van der Waals surface area (Å²) >= 11 is 6.36. The number of likely N-dealkylation sites (tertiary alicyclic amines) is 1. The highest BCUT2D eigenvalue weighted by atomic mass is 35.5. The molecule has 1 aromatic heterocycles. The Balaban J connectivity index is 1.36. The standard InChI is InChI=1S/C35H43ClN6O7Si/c1-47-33(45)37-23-10-11-24-28(18-23)38-30(43)8-6-5-7-25(31-39-29(24)19-42(31)21-48-15-16-50(2,3)4)32(44)41-14-13-35(20-41)26-17-22(36)9-12-27(26)40-34(46)49-35/h9-12,17-19,25H,5-8,13-16,20-21H2,1-4H3,(H,37,45)(H,38,43)(H,40,46)/t25?,35-/m0/s1. The Hall–Kier alpha value is -4.40. The van der Waals surface area contributed by atoms with Gasteiger partial charge in [0.25, 0.3) is 0 Å². The number of aromatic nitrogens is 2. The zero-order valence-electron chi connectivity index (χ0n) is 28.8. The number of carbonyl (C=O) groups is 4.